The van der Waals surface area contributed by atoms with Crippen molar-refractivity contribution in [2.45, 2.75) is 25.1 Å². The molecule has 1 aliphatic carbocycles. The van der Waals surface area contributed by atoms with Gasteiger partial charge in [-0.3, -0.25) is 4.79 Å². The maximum absolute atomic E-state index is 13.5. The van der Waals surface area contributed by atoms with E-state index in [-0.39, 0.29) is 23.0 Å². The van der Waals surface area contributed by atoms with E-state index in [1.165, 1.54) is 48.4 Å². The molecule has 2 heterocycles. The van der Waals surface area contributed by atoms with Gasteiger partial charge in [-0.1, -0.05) is 18.2 Å². The van der Waals surface area contributed by atoms with Crippen molar-refractivity contribution in [2.75, 3.05) is 11.9 Å². The summed E-state index contributed by atoms with van der Waals surface area (Å²) in [7, 11) is 0. The zero-order valence-corrected chi connectivity index (χ0v) is 20.2. The Kier molecular flexibility index (Phi) is 6.78. The average molecular weight is 523 g/mol. The first-order valence-corrected chi connectivity index (χ1v) is 12.4. The number of carbonyl (C=O) groups excluding carboxylic acids is 1. The largest absolute Gasteiger partial charge is 0.435 e. The molecule has 7 nitrogen and oxygen atoms in total. The number of rotatable bonds is 8. The number of hydrogen-bond donors (Lipinski definition) is 2. The van der Waals surface area contributed by atoms with E-state index < -0.39 is 17.8 Å². The number of halogens is 3. The second-order valence-corrected chi connectivity index (χ2v) is 9.65. The minimum absolute atomic E-state index is 0.168. The van der Waals surface area contributed by atoms with Crippen LogP contribution in [0.15, 0.2) is 66.2 Å². The van der Waals surface area contributed by atoms with Gasteiger partial charge in [0.15, 0.2) is 5.69 Å². The highest BCUT2D eigenvalue weighted by Gasteiger charge is 2.36. The van der Waals surface area contributed by atoms with Gasteiger partial charge in [-0.2, -0.15) is 23.5 Å². The van der Waals surface area contributed by atoms with Crippen LogP contribution in [0, 0.1) is 17.2 Å². The second kappa shape index (κ2) is 10.2. The summed E-state index contributed by atoms with van der Waals surface area (Å²) in [6, 6.07) is 15.5. The van der Waals surface area contributed by atoms with E-state index in [1.54, 1.807) is 24.4 Å². The Morgan fingerprint density at radius 2 is 2.00 bits per heavy atom. The van der Waals surface area contributed by atoms with Crippen LogP contribution in [0.25, 0.3) is 5.69 Å². The number of benzene rings is 2. The van der Waals surface area contributed by atoms with Crippen molar-refractivity contribution >= 4 is 22.9 Å². The molecule has 1 fully saturated rings. The smallest absolute Gasteiger partial charge is 0.321 e. The first kappa shape index (κ1) is 24.7. The summed E-state index contributed by atoms with van der Waals surface area (Å²) in [5, 5.41) is 21.8. The number of amides is 1. The number of nitriles is 1. The van der Waals surface area contributed by atoms with Crippen LogP contribution in [0.4, 0.5) is 18.9 Å². The number of carbonyl (C=O) groups is 1. The van der Waals surface area contributed by atoms with Gasteiger partial charge in [-0.05, 0) is 61.2 Å². The van der Waals surface area contributed by atoms with Crippen molar-refractivity contribution in [3.8, 4) is 11.8 Å². The number of thiazole rings is 1. The van der Waals surface area contributed by atoms with Gasteiger partial charge < -0.3 is 10.6 Å². The molecule has 2 N–H and O–H groups in total. The molecular formula is C26H21F3N6OS. The number of nitrogens with zero attached hydrogens (tertiary/aromatic N) is 4. The standard InChI is InChI=1S/C26H21F3N6OS/c27-26(28,29)22-13-21(35(34-22)20-6-1-3-17(11-20)14-30)24(36)33-19-5-2-4-18(12-19)23(25-31-9-10-37-25)32-15-16-7-8-16/h1-6,9-13,16,23,32H,7-8,15H2,(H,33,36). The highest BCUT2D eigenvalue weighted by atomic mass is 32.1. The van der Waals surface area contributed by atoms with Gasteiger partial charge in [0.25, 0.3) is 5.91 Å². The van der Waals surface area contributed by atoms with E-state index in [2.05, 4.69) is 20.7 Å². The van der Waals surface area contributed by atoms with Crippen molar-refractivity contribution in [2.24, 2.45) is 5.92 Å². The number of aromatic nitrogens is 3. The van der Waals surface area contributed by atoms with E-state index in [4.69, 9.17) is 0 Å². The van der Waals surface area contributed by atoms with Gasteiger partial charge in [0, 0.05) is 23.3 Å². The van der Waals surface area contributed by atoms with Gasteiger partial charge in [0.2, 0.25) is 0 Å². The molecule has 5 rings (SSSR count). The predicted molar refractivity (Wildman–Crippen MR) is 132 cm³/mol. The van der Waals surface area contributed by atoms with Crippen molar-refractivity contribution in [1.82, 2.24) is 20.1 Å². The summed E-state index contributed by atoms with van der Waals surface area (Å²) >= 11 is 1.52. The van der Waals surface area contributed by atoms with Gasteiger partial charge in [-0.25, -0.2) is 9.67 Å². The molecule has 4 aromatic rings. The summed E-state index contributed by atoms with van der Waals surface area (Å²) in [6.07, 6.45) is -0.629. The minimum atomic E-state index is -4.75. The molecular weight excluding hydrogens is 501 g/mol. The molecule has 0 spiro atoms. The van der Waals surface area contributed by atoms with E-state index in [0.29, 0.717) is 17.7 Å². The van der Waals surface area contributed by atoms with E-state index in [1.807, 2.05) is 17.5 Å². The van der Waals surface area contributed by atoms with Crippen LogP contribution in [-0.4, -0.2) is 27.2 Å². The molecule has 188 valence electrons. The van der Waals surface area contributed by atoms with Crippen LogP contribution in [0.5, 0.6) is 0 Å². The lowest BCUT2D eigenvalue weighted by Crippen LogP contribution is -2.24. The van der Waals surface area contributed by atoms with Crippen LogP contribution < -0.4 is 10.6 Å². The summed E-state index contributed by atoms with van der Waals surface area (Å²) in [5.41, 5.74) is 0.177. The molecule has 2 aromatic carbocycles. The maximum Gasteiger partial charge on any atom is 0.435 e. The summed E-state index contributed by atoms with van der Waals surface area (Å²) in [5.74, 6) is -0.118. The molecule has 37 heavy (non-hydrogen) atoms. The summed E-state index contributed by atoms with van der Waals surface area (Å²) in [6.45, 7) is 0.849. The van der Waals surface area contributed by atoms with Crippen LogP contribution in [-0.2, 0) is 6.18 Å². The summed E-state index contributed by atoms with van der Waals surface area (Å²) in [4.78, 5) is 17.6. The zero-order valence-electron chi connectivity index (χ0n) is 19.4. The second-order valence-electron chi connectivity index (χ2n) is 8.72. The lowest BCUT2D eigenvalue weighted by atomic mass is 10.1. The third-order valence-corrected chi connectivity index (χ3v) is 6.78. The molecule has 1 aliphatic rings. The average Bonchev–Trinajstić information content (AvgIpc) is 3.35. The Morgan fingerprint density at radius 3 is 2.70 bits per heavy atom. The fourth-order valence-corrected chi connectivity index (χ4v) is 4.65. The Hall–Kier alpha value is -4.01. The first-order valence-electron chi connectivity index (χ1n) is 11.5. The van der Waals surface area contributed by atoms with Crippen LogP contribution in [0.3, 0.4) is 0 Å². The number of anilines is 1. The van der Waals surface area contributed by atoms with Crippen molar-refractivity contribution in [3.63, 3.8) is 0 Å². The van der Waals surface area contributed by atoms with Crippen LogP contribution >= 0.6 is 11.3 Å². The molecule has 1 atom stereocenters. The van der Waals surface area contributed by atoms with Crippen LogP contribution in [0.1, 0.15) is 51.2 Å². The molecule has 1 unspecified atom stereocenters. The highest BCUT2D eigenvalue weighted by Crippen LogP contribution is 2.32. The lowest BCUT2D eigenvalue weighted by Gasteiger charge is -2.18. The molecule has 1 amide bonds. The molecule has 11 heteroatoms. The van der Waals surface area contributed by atoms with E-state index >= 15 is 0 Å². The van der Waals surface area contributed by atoms with E-state index in [0.717, 1.165) is 21.8 Å². The van der Waals surface area contributed by atoms with Crippen molar-refractivity contribution in [3.05, 3.63) is 93.7 Å². The maximum atomic E-state index is 13.5. The Labute approximate surface area is 214 Å². The Morgan fingerprint density at radius 1 is 1.19 bits per heavy atom. The molecule has 0 radical (unpaired) electrons. The van der Waals surface area contributed by atoms with Gasteiger partial charge >= 0.3 is 6.18 Å². The third-order valence-electron chi connectivity index (χ3n) is 5.94. The first-order chi connectivity index (χ1) is 17.8. The Balaban J connectivity index is 1.44. The fraction of sp³-hybridized carbons (Fsp3) is 0.231. The highest BCUT2D eigenvalue weighted by molar-refractivity contribution is 7.09. The van der Waals surface area contributed by atoms with E-state index in [9.17, 15) is 23.2 Å². The molecule has 0 aliphatic heterocycles. The normalized spacial score (nSPS) is 14.2. The van der Waals surface area contributed by atoms with Crippen molar-refractivity contribution in [1.29, 1.82) is 5.26 Å². The monoisotopic (exact) mass is 522 g/mol. The van der Waals surface area contributed by atoms with Gasteiger partial charge in [0.1, 0.15) is 10.7 Å². The zero-order chi connectivity index (χ0) is 26.0. The quantitative estimate of drug-likeness (QED) is 0.316. The minimum Gasteiger partial charge on any atom is -0.321 e. The molecule has 1 saturated carbocycles. The summed E-state index contributed by atoms with van der Waals surface area (Å²) < 4.78 is 41.3. The molecule has 0 bridgehead atoms. The Bertz CT molecular complexity index is 1450. The fourth-order valence-electron chi connectivity index (χ4n) is 3.91. The number of hydrogen-bond acceptors (Lipinski definition) is 6. The van der Waals surface area contributed by atoms with Crippen molar-refractivity contribution < 1.29 is 18.0 Å². The van der Waals surface area contributed by atoms with Crippen LogP contribution in [0.2, 0.25) is 0 Å². The van der Waals surface area contributed by atoms with Gasteiger partial charge in [-0.15, -0.1) is 11.3 Å². The number of nitrogens with one attached hydrogen (secondary N) is 2. The third kappa shape index (κ3) is 5.71. The van der Waals surface area contributed by atoms with Gasteiger partial charge in [0.05, 0.1) is 23.4 Å². The topological polar surface area (TPSA) is 95.6 Å². The number of alkyl halides is 3. The lowest BCUT2D eigenvalue weighted by molar-refractivity contribution is -0.141. The SMILES string of the molecule is N#Cc1cccc(-n2nc(C(F)(F)F)cc2C(=O)Nc2cccc(C(NCC3CC3)c3nccs3)c2)c1. The predicted octanol–water partition coefficient (Wildman–Crippen LogP) is 5.56. The molecule has 2 aromatic heterocycles. The molecule has 0 saturated heterocycles.